The van der Waals surface area contributed by atoms with Crippen LogP contribution in [0.15, 0.2) is 36.4 Å². The van der Waals surface area contributed by atoms with Crippen LogP contribution >= 0.6 is 22.6 Å². The first kappa shape index (κ1) is 13.1. The molecule has 2 rings (SSSR count). The van der Waals surface area contributed by atoms with E-state index < -0.39 is 0 Å². The third kappa shape index (κ3) is 2.58. The predicted octanol–water partition coefficient (Wildman–Crippen LogP) is 3.57. The van der Waals surface area contributed by atoms with Crippen molar-refractivity contribution in [1.29, 1.82) is 0 Å². The van der Waals surface area contributed by atoms with Crippen molar-refractivity contribution >= 4 is 28.6 Å². The van der Waals surface area contributed by atoms with Gasteiger partial charge in [-0.05, 0) is 72.8 Å². The number of carbonyl (C=O) groups is 1. The second-order valence-electron chi connectivity index (χ2n) is 3.89. The lowest BCUT2D eigenvalue weighted by Gasteiger charge is -2.11. The largest absolute Gasteiger partial charge is 0.461 e. The van der Waals surface area contributed by atoms with E-state index in [2.05, 4.69) is 22.6 Å². The molecule has 0 amide bonds. The molecule has 0 spiro atoms. The minimum Gasteiger partial charge on any atom is -0.461 e. The van der Waals surface area contributed by atoms with Crippen LogP contribution in [-0.2, 0) is 4.74 Å². The lowest BCUT2D eigenvalue weighted by atomic mass is 10.3. The van der Waals surface area contributed by atoms with Gasteiger partial charge in [-0.3, -0.25) is 0 Å². The molecular weight excluding hydrogens is 341 g/mol. The van der Waals surface area contributed by atoms with E-state index in [1.807, 2.05) is 48.7 Å². The second-order valence-corrected chi connectivity index (χ2v) is 5.14. The van der Waals surface area contributed by atoms with Crippen molar-refractivity contribution in [3.63, 3.8) is 0 Å². The van der Waals surface area contributed by atoms with Gasteiger partial charge in [-0.25, -0.2) is 4.79 Å². The van der Waals surface area contributed by atoms with Crippen molar-refractivity contribution in [2.45, 2.75) is 13.8 Å². The van der Waals surface area contributed by atoms with Gasteiger partial charge in [0.2, 0.25) is 0 Å². The lowest BCUT2D eigenvalue weighted by molar-refractivity contribution is 0.0517. The highest BCUT2D eigenvalue weighted by atomic mass is 127. The fraction of sp³-hybridized carbons (Fsp3) is 0.214. The molecule has 1 aromatic carbocycles. The van der Waals surface area contributed by atoms with Crippen LogP contribution in [0.2, 0.25) is 0 Å². The summed E-state index contributed by atoms with van der Waals surface area (Å²) in [5, 5.41) is 0. The molecule has 0 atom stereocenters. The van der Waals surface area contributed by atoms with Crippen molar-refractivity contribution in [3.05, 3.63) is 51.4 Å². The Morgan fingerprint density at radius 3 is 2.50 bits per heavy atom. The van der Waals surface area contributed by atoms with E-state index in [0.717, 1.165) is 11.4 Å². The molecule has 0 aliphatic heterocycles. The normalized spacial score (nSPS) is 10.4. The summed E-state index contributed by atoms with van der Waals surface area (Å²) < 4.78 is 8.14. The van der Waals surface area contributed by atoms with E-state index >= 15 is 0 Å². The first-order valence-electron chi connectivity index (χ1n) is 5.75. The minimum atomic E-state index is -0.288. The molecule has 0 aliphatic rings. The predicted molar refractivity (Wildman–Crippen MR) is 79.2 cm³/mol. The highest BCUT2D eigenvalue weighted by Gasteiger charge is 2.15. The van der Waals surface area contributed by atoms with E-state index in [0.29, 0.717) is 12.3 Å². The molecule has 0 saturated heterocycles. The van der Waals surface area contributed by atoms with Crippen LogP contribution in [0, 0.1) is 10.5 Å². The maximum atomic E-state index is 11.9. The molecule has 0 radical (unpaired) electrons. The number of aromatic nitrogens is 1. The average Bonchev–Trinajstić information content (AvgIpc) is 2.73. The van der Waals surface area contributed by atoms with Gasteiger partial charge in [0.25, 0.3) is 0 Å². The fourth-order valence-electron chi connectivity index (χ4n) is 1.84. The Morgan fingerprint density at radius 2 is 1.89 bits per heavy atom. The number of ether oxygens (including phenoxy) is 1. The standard InChI is InChI=1S/C14H14INO2/c1-3-18-14(17)13-9-4-10(2)16(13)12-7-5-11(15)6-8-12/h4-9H,3H2,1-2H3. The molecule has 94 valence electrons. The van der Waals surface area contributed by atoms with Gasteiger partial charge in [0.05, 0.1) is 6.61 Å². The zero-order valence-electron chi connectivity index (χ0n) is 10.3. The molecule has 0 N–H and O–H groups in total. The Kier molecular flexibility index (Phi) is 4.06. The second kappa shape index (κ2) is 5.56. The Bertz CT molecular complexity index is 558. The summed E-state index contributed by atoms with van der Waals surface area (Å²) in [7, 11) is 0. The van der Waals surface area contributed by atoms with Gasteiger partial charge in [-0.2, -0.15) is 0 Å². The molecule has 0 bridgehead atoms. The highest BCUT2D eigenvalue weighted by molar-refractivity contribution is 14.1. The SMILES string of the molecule is CCOC(=O)c1ccc(C)n1-c1ccc(I)cc1. The molecule has 0 aliphatic carbocycles. The Morgan fingerprint density at radius 1 is 1.22 bits per heavy atom. The first-order valence-corrected chi connectivity index (χ1v) is 6.82. The summed E-state index contributed by atoms with van der Waals surface area (Å²) in [5.41, 5.74) is 2.55. The Labute approximate surface area is 120 Å². The summed E-state index contributed by atoms with van der Waals surface area (Å²) in [4.78, 5) is 11.9. The molecule has 1 aromatic heterocycles. The topological polar surface area (TPSA) is 31.2 Å². The van der Waals surface area contributed by atoms with Gasteiger partial charge < -0.3 is 9.30 Å². The third-order valence-electron chi connectivity index (χ3n) is 2.65. The number of hydrogen-bond donors (Lipinski definition) is 0. The molecule has 0 unspecified atom stereocenters. The summed E-state index contributed by atoms with van der Waals surface area (Å²) in [6.07, 6.45) is 0. The van der Waals surface area contributed by atoms with Crippen LogP contribution in [0.1, 0.15) is 23.1 Å². The zero-order chi connectivity index (χ0) is 13.1. The summed E-state index contributed by atoms with van der Waals surface area (Å²) in [5.74, 6) is -0.288. The van der Waals surface area contributed by atoms with Crippen LogP contribution in [0.4, 0.5) is 0 Å². The van der Waals surface area contributed by atoms with Gasteiger partial charge in [-0.1, -0.05) is 0 Å². The zero-order valence-corrected chi connectivity index (χ0v) is 12.5. The van der Waals surface area contributed by atoms with Crippen LogP contribution in [0.3, 0.4) is 0 Å². The van der Waals surface area contributed by atoms with Gasteiger partial charge in [0.1, 0.15) is 5.69 Å². The van der Waals surface area contributed by atoms with E-state index in [1.54, 1.807) is 6.07 Å². The van der Waals surface area contributed by atoms with Crippen LogP contribution < -0.4 is 0 Å². The van der Waals surface area contributed by atoms with E-state index in [9.17, 15) is 4.79 Å². The van der Waals surface area contributed by atoms with Gasteiger partial charge in [-0.15, -0.1) is 0 Å². The van der Waals surface area contributed by atoms with Gasteiger partial charge >= 0.3 is 5.97 Å². The quantitative estimate of drug-likeness (QED) is 0.623. The lowest BCUT2D eigenvalue weighted by Crippen LogP contribution is -2.11. The average molecular weight is 355 g/mol. The molecule has 18 heavy (non-hydrogen) atoms. The Balaban J connectivity index is 2.46. The molecule has 2 aromatic rings. The number of hydrogen-bond acceptors (Lipinski definition) is 2. The number of benzene rings is 1. The van der Waals surface area contributed by atoms with Crippen LogP contribution in [0.25, 0.3) is 5.69 Å². The first-order chi connectivity index (χ1) is 8.63. The van der Waals surface area contributed by atoms with Gasteiger partial charge in [0, 0.05) is 15.0 Å². The number of nitrogens with zero attached hydrogens (tertiary/aromatic N) is 1. The highest BCUT2D eigenvalue weighted by Crippen LogP contribution is 2.18. The molecule has 1 heterocycles. The monoisotopic (exact) mass is 355 g/mol. The Hall–Kier alpha value is -1.30. The summed E-state index contributed by atoms with van der Waals surface area (Å²) >= 11 is 2.26. The van der Waals surface area contributed by atoms with Gasteiger partial charge in [0.15, 0.2) is 0 Å². The maximum absolute atomic E-state index is 11.9. The van der Waals surface area contributed by atoms with E-state index in [1.165, 1.54) is 3.57 Å². The smallest absolute Gasteiger partial charge is 0.355 e. The molecule has 4 heteroatoms. The number of halogens is 1. The van der Waals surface area contributed by atoms with Crippen LogP contribution in [-0.4, -0.2) is 17.1 Å². The summed E-state index contributed by atoms with van der Waals surface area (Å²) in [6, 6.07) is 11.7. The van der Waals surface area contributed by atoms with Crippen molar-refractivity contribution in [2.75, 3.05) is 6.61 Å². The van der Waals surface area contributed by atoms with Crippen molar-refractivity contribution < 1.29 is 9.53 Å². The van der Waals surface area contributed by atoms with Crippen molar-refractivity contribution in [3.8, 4) is 5.69 Å². The number of esters is 1. The maximum Gasteiger partial charge on any atom is 0.355 e. The van der Waals surface area contributed by atoms with Crippen molar-refractivity contribution in [1.82, 2.24) is 4.57 Å². The number of aryl methyl sites for hydroxylation is 1. The van der Waals surface area contributed by atoms with E-state index in [-0.39, 0.29) is 5.97 Å². The number of rotatable bonds is 3. The third-order valence-corrected chi connectivity index (χ3v) is 3.36. The molecule has 3 nitrogen and oxygen atoms in total. The molecular formula is C14H14INO2. The summed E-state index contributed by atoms with van der Waals surface area (Å²) in [6.45, 7) is 4.17. The van der Waals surface area contributed by atoms with Crippen LogP contribution in [0.5, 0.6) is 0 Å². The number of carbonyl (C=O) groups excluding carboxylic acids is 1. The molecule has 0 fully saturated rings. The van der Waals surface area contributed by atoms with Crippen molar-refractivity contribution in [2.24, 2.45) is 0 Å². The van der Waals surface area contributed by atoms with E-state index in [4.69, 9.17) is 4.74 Å². The molecule has 0 saturated carbocycles. The minimum absolute atomic E-state index is 0.288. The fourth-order valence-corrected chi connectivity index (χ4v) is 2.20.